The van der Waals surface area contributed by atoms with Gasteiger partial charge in [-0.05, 0) is 76.1 Å². The Balaban J connectivity index is 1.13. The second-order valence-corrected chi connectivity index (χ2v) is 13.3. The summed E-state index contributed by atoms with van der Waals surface area (Å²) in [5, 5.41) is 9.18. The van der Waals surface area contributed by atoms with Gasteiger partial charge < -0.3 is 8.98 Å². The first-order valence-corrected chi connectivity index (χ1v) is 17.4. The summed E-state index contributed by atoms with van der Waals surface area (Å²) in [4.78, 5) is 15.4. The summed E-state index contributed by atoms with van der Waals surface area (Å²) >= 11 is 0. The van der Waals surface area contributed by atoms with Crippen LogP contribution in [0.3, 0.4) is 0 Å². The third kappa shape index (κ3) is 4.53. The lowest BCUT2D eigenvalue weighted by Gasteiger charge is -2.11. The summed E-state index contributed by atoms with van der Waals surface area (Å²) in [7, 11) is 0. The first-order chi connectivity index (χ1) is 25.7. The number of benzene rings is 8. The number of hydrogen-bond acceptors (Lipinski definition) is 4. The van der Waals surface area contributed by atoms with E-state index in [0.717, 1.165) is 66.1 Å². The van der Waals surface area contributed by atoms with E-state index in [1.807, 2.05) is 6.07 Å². The number of para-hydroxylation sites is 2. The Labute approximate surface area is 298 Å². The van der Waals surface area contributed by atoms with Crippen molar-refractivity contribution in [3.05, 3.63) is 170 Å². The van der Waals surface area contributed by atoms with E-state index in [1.54, 1.807) is 0 Å². The Bertz CT molecular complexity index is 3190. The van der Waals surface area contributed by atoms with E-state index in [-0.39, 0.29) is 0 Å². The molecular weight excluding hydrogens is 637 g/mol. The van der Waals surface area contributed by atoms with Gasteiger partial charge in [0.15, 0.2) is 17.5 Å². The first kappa shape index (κ1) is 28.7. The zero-order valence-electron chi connectivity index (χ0n) is 27.9. The SMILES string of the molecule is c1ccc(-n2c3ccccc3c3ccc(-c4nc(-c5ccc6ccccc6c5)nc(-c5ccc6c(c5)oc5cc7ccccc7cc56)n4)cc32)cc1. The van der Waals surface area contributed by atoms with E-state index in [4.69, 9.17) is 19.4 Å². The molecule has 5 heteroatoms. The van der Waals surface area contributed by atoms with Crippen LogP contribution in [-0.4, -0.2) is 19.5 Å². The molecule has 11 rings (SSSR count). The topological polar surface area (TPSA) is 56.7 Å². The maximum absolute atomic E-state index is 6.46. The van der Waals surface area contributed by atoms with Crippen LogP contribution < -0.4 is 0 Å². The van der Waals surface area contributed by atoms with Crippen molar-refractivity contribution in [2.24, 2.45) is 0 Å². The van der Waals surface area contributed by atoms with Crippen LogP contribution in [0.25, 0.3) is 105 Å². The predicted octanol–water partition coefficient (Wildman–Crippen LogP) is 12.2. The van der Waals surface area contributed by atoms with Gasteiger partial charge in [-0.15, -0.1) is 0 Å². The third-order valence-electron chi connectivity index (χ3n) is 10.2. The summed E-state index contributed by atoms with van der Waals surface area (Å²) in [5.41, 5.74) is 7.71. The molecule has 0 N–H and O–H groups in total. The molecular formula is C47H28N4O. The number of aromatic nitrogens is 4. The normalized spacial score (nSPS) is 11.8. The van der Waals surface area contributed by atoms with Crippen molar-refractivity contribution < 1.29 is 4.42 Å². The largest absolute Gasteiger partial charge is 0.456 e. The molecule has 52 heavy (non-hydrogen) atoms. The predicted molar refractivity (Wildman–Crippen MR) is 213 cm³/mol. The van der Waals surface area contributed by atoms with E-state index >= 15 is 0 Å². The Kier molecular flexibility index (Phi) is 6.18. The van der Waals surface area contributed by atoms with Crippen molar-refractivity contribution in [2.45, 2.75) is 0 Å². The molecule has 242 valence electrons. The van der Waals surface area contributed by atoms with Gasteiger partial charge >= 0.3 is 0 Å². The van der Waals surface area contributed by atoms with Gasteiger partial charge in [-0.1, -0.05) is 115 Å². The van der Waals surface area contributed by atoms with Crippen LogP contribution in [0.5, 0.6) is 0 Å². The zero-order chi connectivity index (χ0) is 34.2. The van der Waals surface area contributed by atoms with Crippen molar-refractivity contribution in [2.75, 3.05) is 0 Å². The molecule has 0 unspecified atom stereocenters. The van der Waals surface area contributed by atoms with Crippen LogP contribution >= 0.6 is 0 Å². The summed E-state index contributed by atoms with van der Waals surface area (Å²) in [6, 6.07) is 59.3. The molecule has 0 aliphatic heterocycles. The minimum atomic E-state index is 0.587. The highest BCUT2D eigenvalue weighted by atomic mass is 16.3. The molecule has 11 aromatic rings. The summed E-state index contributed by atoms with van der Waals surface area (Å²) in [5.74, 6) is 1.81. The highest BCUT2D eigenvalue weighted by molar-refractivity contribution is 6.11. The zero-order valence-corrected chi connectivity index (χ0v) is 27.9. The van der Waals surface area contributed by atoms with Crippen molar-refractivity contribution in [1.29, 1.82) is 0 Å². The maximum atomic E-state index is 6.46. The van der Waals surface area contributed by atoms with Crippen LogP contribution in [-0.2, 0) is 0 Å². The van der Waals surface area contributed by atoms with E-state index in [2.05, 4.69) is 168 Å². The summed E-state index contributed by atoms with van der Waals surface area (Å²) < 4.78 is 8.78. The third-order valence-corrected chi connectivity index (χ3v) is 10.2. The molecule has 3 heterocycles. The Morgan fingerprint density at radius 2 is 0.885 bits per heavy atom. The average Bonchev–Trinajstić information content (AvgIpc) is 3.74. The van der Waals surface area contributed by atoms with E-state index in [0.29, 0.717) is 17.5 Å². The van der Waals surface area contributed by atoms with Gasteiger partial charge in [0.1, 0.15) is 11.2 Å². The molecule has 5 nitrogen and oxygen atoms in total. The fourth-order valence-corrected chi connectivity index (χ4v) is 7.66. The molecule has 0 atom stereocenters. The highest BCUT2D eigenvalue weighted by Gasteiger charge is 2.18. The van der Waals surface area contributed by atoms with Crippen LogP contribution in [0.15, 0.2) is 174 Å². The maximum Gasteiger partial charge on any atom is 0.164 e. The molecule has 0 radical (unpaired) electrons. The molecule has 0 saturated carbocycles. The van der Waals surface area contributed by atoms with Crippen LogP contribution in [0.2, 0.25) is 0 Å². The lowest BCUT2D eigenvalue weighted by atomic mass is 10.0. The van der Waals surface area contributed by atoms with Gasteiger partial charge in [-0.2, -0.15) is 0 Å². The molecule has 0 fully saturated rings. The Hall–Kier alpha value is -7.11. The lowest BCUT2D eigenvalue weighted by Crippen LogP contribution is -2.00. The Morgan fingerprint density at radius 3 is 1.65 bits per heavy atom. The molecule has 3 aromatic heterocycles. The summed E-state index contributed by atoms with van der Waals surface area (Å²) in [6.07, 6.45) is 0. The van der Waals surface area contributed by atoms with Gasteiger partial charge in [0, 0.05) is 43.9 Å². The van der Waals surface area contributed by atoms with Crippen LogP contribution in [0.4, 0.5) is 0 Å². The monoisotopic (exact) mass is 664 g/mol. The molecule has 0 spiro atoms. The molecule has 0 saturated heterocycles. The first-order valence-electron chi connectivity index (χ1n) is 17.4. The molecule has 0 amide bonds. The number of hydrogen-bond donors (Lipinski definition) is 0. The number of furan rings is 1. The van der Waals surface area contributed by atoms with Gasteiger partial charge in [-0.25, -0.2) is 15.0 Å². The van der Waals surface area contributed by atoms with Crippen LogP contribution in [0.1, 0.15) is 0 Å². The number of nitrogens with zero attached hydrogens (tertiary/aromatic N) is 4. The van der Waals surface area contributed by atoms with Gasteiger partial charge in [0.25, 0.3) is 0 Å². The molecule has 0 bridgehead atoms. The van der Waals surface area contributed by atoms with Gasteiger partial charge in [0.05, 0.1) is 11.0 Å². The van der Waals surface area contributed by atoms with Crippen LogP contribution in [0, 0.1) is 0 Å². The van der Waals surface area contributed by atoms with E-state index < -0.39 is 0 Å². The van der Waals surface area contributed by atoms with Gasteiger partial charge in [0.2, 0.25) is 0 Å². The van der Waals surface area contributed by atoms with Crippen molar-refractivity contribution in [3.8, 4) is 39.9 Å². The fourth-order valence-electron chi connectivity index (χ4n) is 7.66. The van der Waals surface area contributed by atoms with E-state index in [1.165, 1.54) is 21.5 Å². The quantitative estimate of drug-likeness (QED) is 0.188. The molecule has 0 aliphatic carbocycles. The second kappa shape index (κ2) is 11.2. The highest BCUT2D eigenvalue weighted by Crippen LogP contribution is 2.37. The second-order valence-electron chi connectivity index (χ2n) is 13.3. The van der Waals surface area contributed by atoms with E-state index in [9.17, 15) is 0 Å². The number of fused-ring (bicyclic) bond motifs is 8. The minimum Gasteiger partial charge on any atom is -0.456 e. The van der Waals surface area contributed by atoms with Gasteiger partial charge in [-0.3, -0.25) is 0 Å². The molecule has 8 aromatic carbocycles. The number of rotatable bonds is 4. The van der Waals surface area contributed by atoms with Crippen molar-refractivity contribution in [1.82, 2.24) is 19.5 Å². The minimum absolute atomic E-state index is 0.587. The van der Waals surface area contributed by atoms with Crippen molar-refractivity contribution >= 4 is 65.3 Å². The fraction of sp³-hybridized carbons (Fsp3) is 0. The lowest BCUT2D eigenvalue weighted by molar-refractivity contribution is 0.669. The standard InChI is InChI=1S/C47H28N4O/c1-2-14-36(15-3-1)51-41-17-9-8-16-37(41)38-22-20-34(26-42(38)51)46-48-45(33-19-18-29-10-4-5-11-30(29)24-33)49-47(50-46)35-21-23-39-40-25-31-12-6-7-13-32(31)27-44(40)52-43(39)28-35/h1-28H. The summed E-state index contributed by atoms with van der Waals surface area (Å²) in [6.45, 7) is 0. The Morgan fingerprint density at radius 1 is 0.346 bits per heavy atom. The average molecular weight is 665 g/mol. The van der Waals surface area contributed by atoms with Crippen molar-refractivity contribution in [3.63, 3.8) is 0 Å². The molecule has 0 aliphatic rings. The smallest absolute Gasteiger partial charge is 0.164 e.